The van der Waals surface area contributed by atoms with Crippen LogP contribution >= 0.6 is 11.8 Å². The van der Waals surface area contributed by atoms with Crippen LogP contribution in [0.1, 0.15) is 26.3 Å². The van der Waals surface area contributed by atoms with Crippen LogP contribution in [0.25, 0.3) is 10.9 Å². The molecule has 7 heteroatoms. The van der Waals surface area contributed by atoms with Gasteiger partial charge in [0.25, 0.3) is 5.56 Å². The van der Waals surface area contributed by atoms with Crippen LogP contribution in [0.15, 0.2) is 58.5 Å². The molecule has 5 nitrogen and oxygen atoms in total. The summed E-state index contributed by atoms with van der Waals surface area (Å²) in [5.41, 5.74) is 0.893. The predicted octanol–water partition coefficient (Wildman–Crippen LogP) is 4.24. The molecule has 0 saturated heterocycles. The summed E-state index contributed by atoms with van der Waals surface area (Å²) in [6.45, 7) is 3.95. The highest BCUT2D eigenvalue weighted by molar-refractivity contribution is 7.99. The van der Waals surface area contributed by atoms with Crippen molar-refractivity contribution in [2.75, 3.05) is 11.1 Å². The molecule has 1 amide bonds. The minimum atomic E-state index is -0.415. The number of fused-ring (bicyclic) bond motifs is 1. The van der Waals surface area contributed by atoms with E-state index in [1.54, 1.807) is 22.8 Å². The fourth-order valence-electron chi connectivity index (χ4n) is 2.69. The molecule has 0 fully saturated rings. The van der Waals surface area contributed by atoms with E-state index in [2.05, 4.69) is 10.3 Å². The molecule has 0 aliphatic rings. The Hall–Kier alpha value is -2.67. The number of para-hydroxylation sites is 1. The van der Waals surface area contributed by atoms with Gasteiger partial charge in [0.2, 0.25) is 5.91 Å². The molecule has 0 aliphatic heterocycles. The SMILES string of the molecule is CCC(C)n1c(SCC(=O)Nc2cccc(F)c2)nc2ccccc2c1=O. The average Bonchev–Trinajstić information content (AvgIpc) is 2.66. The van der Waals surface area contributed by atoms with E-state index >= 15 is 0 Å². The van der Waals surface area contributed by atoms with Gasteiger partial charge in [-0.3, -0.25) is 14.2 Å². The summed E-state index contributed by atoms with van der Waals surface area (Å²) in [7, 11) is 0. The van der Waals surface area contributed by atoms with Crippen molar-refractivity contribution in [2.24, 2.45) is 0 Å². The van der Waals surface area contributed by atoms with Crippen LogP contribution in [0, 0.1) is 5.82 Å². The molecule has 1 N–H and O–H groups in total. The summed E-state index contributed by atoms with van der Waals surface area (Å²) in [6, 6.07) is 12.9. The number of nitrogens with zero attached hydrogens (tertiary/aromatic N) is 2. The molecular formula is C20H20FN3O2S. The molecule has 0 aliphatic carbocycles. The van der Waals surface area contributed by atoms with E-state index in [4.69, 9.17) is 0 Å². The van der Waals surface area contributed by atoms with Crippen LogP contribution in [-0.4, -0.2) is 21.2 Å². The zero-order valence-corrected chi connectivity index (χ0v) is 15.9. The first-order valence-electron chi connectivity index (χ1n) is 8.69. The van der Waals surface area contributed by atoms with Crippen molar-refractivity contribution < 1.29 is 9.18 Å². The van der Waals surface area contributed by atoms with E-state index in [1.807, 2.05) is 26.0 Å². The fraction of sp³-hybridized carbons (Fsp3) is 0.250. The number of amides is 1. The smallest absolute Gasteiger partial charge is 0.262 e. The maximum atomic E-state index is 13.2. The molecule has 1 aromatic heterocycles. The van der Waals surface area contributed by atoms with Gasteiger partial charge in [-0.05, 0) is 43.7 Å². The van der Waals surface area contributed by atoms with Gasteiger partial charge in [-0.15, -0.1) is 0 Å². The lowest BCUT2D eigenvalue weighted by Crippen LogP contribution is -2.26. The van der Waals surface area contributed by atoms with Crippen LogP contribution in [-0.2, 0) is 4.79 Å². The van der Waals surface area contributed by atoms with Crippen LogP contribution in [0.4, 0.5) is 10.1 Å². The molecule has 140 valence electrons. The van der Waals surface area contributed by atoms with E-state index in [1.165, 1.54) is 30.0 Å². The van der Waals surface area contributed by atoms with Gasteiger partial charge in [0.15, 0.2) is 5.16 Å². The highest BCUT2D eigenvalue weighted by atomic mass is 32.2. The fourth-order valence-corrected chi connectivity index (χ4v) is 3.59. The third kappa shape index (κ3) is 4.36. The molecule has 1 heterocycles. The molecule has 3 aromatic rings. The summed E-state index contributed by atoms with van der Waals surface area (Å²) < 4.78 is 14.9. The minimum absolute atomic E-state index is 0.0385. The third-order valence-electron chi connectivity index (χ3n) is 4.25. The monoisotopic (exact) mass is 385 g/mol. The van der Waals surface area contributed by atoms with E-state index in [9.17, 15) is 14.0 Å². The second-order valence-electron chi connectivity index (χ2n) is 6.19. The van der Waals surface area contributed by atoms with Gasteiger partial charge < -0.3 is 5.32 Å². The van der Waals surface area contributed by atoms with Crippen LogP contribution in [0.5, 0.6) is 0 Å². The van der Waals surface area contributed by atoms with Crippen molar-refractivity contribution >= 4 is 34.3 Å². The maximum Gasteiger partial charge on any atom is 0.262 e. The summed E-state index contributed by atoms with van der Waals surface area (Å²) in [6.07, 6.45) is 0.767. The van der Waals surface area contributed by atoms with E-state index in [-0.39, 0.29) is 23.3 Å². The molecule has 27 heavy (non-hydrogen) atoms. The van der Waals surface area contributed by atoms with Gasteiger partial charge >= 0.3 is 0 Å². The van der Waals surface area contributed by atoms with Crippen molar-refractivity contribution in [2.45, 2.75) is 31.5 Å². The number of anilines is 1. The standard InChI is InChI=1S/C20H20FN3O2S/c1-3-13(2)24-19(26)16-9-4-5-10-17(16)23-20(24)27-12-18(25)22-15-8-6-7-14(21)11-15/h4-11,13H,3,12H2,1-2H3,(H,22,25). The van der Waals surface area contributed by atoms with Gasteiger partial charge in [0, 0.05) is 11.7 Å². The number of aromatic nitrogens is 2. The first-order chi connectivity index (χ1) is 13.0. The van der Waals surface area contributed by atoms with Gasteiger partial charge in [0.1, 0.15) is 5.82 Å². The minimum Gasteiger partial charge on any atom is -0.325 e. The molecule has 2 aromatic carbocycles. The molecule has 1 unspecified atom stereocenters. The third-order valence-corrected chi connectivity index (χ3v) is 5.20. The largest absolute Gasteiger partial charge is 0.325 e. The summed E-state index contributed by atoms with van der Waals surface area (Å²) in [5, 5.41) is 3.72. The Kier molecular flexibility index (Phi) is 5.91. The zero-order valence-electron chi connectivity index (χ0n) is 15.1. The maximum absolute atomic E-state index is 13.2. The lowest BCUT2D eigenvalue weighted by molar-refractivity contribution is -0.113. The molecule has 3 rings (SSSR count). The van der Waals surface area contributed by atoms with Crippen molar-refractivity contribution in [1.29, 1.82) is 0 Å². The number of benzene rings is 2. The lowest BCUT2D eigenvalue weighted by Gasteiger charge is -2.18. The van der Waals surface area contributed by atoms with E-state index in [0.717, 1.165) is 6.42 Å². The predicted molar refractivity (Wildman–Crippen MR) is 107 cm³/mol. The number of carbonyl (C=O) groups excluding carboxylic acids is 1. The van der Waals surface area contributed by atoms with E-state index in [0.29, 0.717) is 21.7 Å². The van der Waals surface area contributed by atoms with Crippen molar-refractivity contribution in [3.05, 3.63) is 64.7 Å². The Morgan fingerprint density at radius 3 is 2.78 bits per heavy atom. The molecule has 0 saturated carbocycles. The molecule has 0 bridgehead atoms. The van der Waals surface area contributed by atoms with Crippen molar-refractivity contribution in [1.82, 2.24) is 9.55 Å². The van der Waals surface area contributed by atoms with Gasteiger partial charge in [0.05, 0.1) is 16.7 Å². The Balaban J connectivity index is 1.85. The molecular weight excluding hydrogens is 365 g/mol. The van der Waals surface area contributed by atoms with Gasteiger partial charge in [-0.2, -0.15) is 0 Å². The quantitative estimate of drug-likeness (QED) is 0.509. The second kappa shape index (κ2) is 8.35. The Bertz CT molecular complexity index is 1040. The molecule has 0 radical (unpaired) electrons. The Morgan fingerprint density at radius 2 is 2.04 bits per heavy atom. The van der Waals surface area contributed by atoms with Gasteiger partial charge in [-0.1, -0.05) is 36.9 Å². The molecule has 1 atom stereocenters. The number of hydrogen-bond acceptors (Lipinski definition) is 4. The number of hydrogen-bond donors (Lipinski definition) is 1. The Labute approximate surface area is 160 Å². The lowest BCUT2D eigenvalue weighted by atomic mass is 10.2. The van der Waals surface area contributed by atoms with Crippen molar-refractivity contribution in [3.63, 3.8) is 0 Å². The average molecular weight is 385 g/mol. The van der Waals surface area contributed by atoms with Crippen molar-refractivity contribution in [3.8, 4) is 0 Å². The normalized spacial score (nSPS) is 12.1. The zero-order chi connectivity index (χ0) is 19.4. The summed E-state index contributed by atoms with van der Waals surface area (Å²) in [4.78, 5) is 29.7. The molecule has 0 spiro atoms. The highest BCUT2D eigenvalue weighted by Gasteiger charge is 2.16. The number of thioether (sulfide) groups is 1. The van der Waals surface area contributed by atoms with Crippen LogP contribution < -0.4 is 10.9 Å². The number of carbonyl (C=O) groups is 1. The van der Waals surface area contributed by atoms with E-state index < -0.39 is 5.82 Å². The summed E-state index contributed by atoms with van der Waals surface area (Å²) >= 11 is 1.20. The Morgan fingerprint density at radius 1 is 1.26 bits per heavy atom. The highest BCUT2D eigenvalue weighted by Crippen LogP contribution is 2.22. The number of halogens is 1. The second-order valence-corrected chi connectivity index (χ2v) is 7.13. The van der Waals surface area contributed by atoms with Crippen LogP contribution in [0.3, 0.4) is 0 Å². The number of rotatable bonds is 6. The van der Waals surface area contributed by atoms with Crippen LogP contribution in [0.2, 0.25) is 0 Å². The number of nitrogens with one attached hydrogen (secondary N) is 1. The summed E-state index contributed by atoms with van der Waals surface area (Å²) in [5.74, 6) is -0.636. The first kappa shape index (κ1) is 19.1. The first-order valence-corrected chi connectivity index (χ1v) is 9.67. The topological polar surface area (TPSA) is 64.0 Å². The van der Waals surface area contributed by atoms with Gasteiger partial charge in [-0.25, -0.2) is 9.37 Å².